The number of nitrogen functional groups attached to an aromatic ring is 3. The van der Waals surface area contributed by atoms with Gasteiger partial charge < -0.3 is 26.7 Å². The quantitative estimate of drug-likeness (QED) is 0.0645. The second-order valence-corrected chi connectivity index (χ2v) is 30.4. The molecule has 19 nitrogen and oxygen atoms in total. The van der Waals surface area contributed by atoms with Crippen LogP contribution >= 0.6 is 0 Å². The monoisotopic (exact) mass is 1440 g/mol. The smallest absolute Gasteiger partial charge is 0.419 e. The largest absolute Gasteiger partial charge is 0.431 e. The minimum absolute atomic E-state index is 0.0339. The van der Waals surface area contributed by atoms with Crippen molar-refractivity contribution in [1.82, 2.24) is 68.8 Å². The third kappa shape index (κ3) is 15.6. The minimum atomic E-state index is -4.58. The van der Waals surface area contributed by atoms with Gasteiger partial charge in [-0.1, -0.05) is 0 Å². The molecule has 7 saturated carbocycles. The van der Waals surface area contributed by atoms with Gasteiger partial charge in [-0.25, -0.2) is 32.5 Å². The maximum Gasteiger partial charge on any atom is 0.419 e. The van der Waals surface area contributed by atoms with E-state index in [1.807, 2.05) is 63.7 Å². The number of alkyl halides is 12. The number of hydrogen-bond acceptors (Lipinski definition) is 16. The molecule has 6 aromatic rings. The van der Waals surface area contributed by atoms with Crippen LogP contribution in [0, 0.1) is 41.4 Å². The van der Waals surface area contributed by atoms with Crippen LogP contribution in [0.5, 0.6) is 5.75 Å². The molecule has 6 aromatic heterocycles. The van der Waals surface area contributed by atoms with Crippen LogP contribution in [0.4, 0.5) is 70.1 Å². The van der Waals surface area contributed by atoms with Crippen LogP contribution in [0.2, 0.25) is 0 Å². The summed E-state index contributed by atoms with van der Waals surface area (Å²) in [6.45, 7) is 15.5. The maximum absolute atomic E-state index is 13.3. The number of halogens is 12. The van der Waals surface area contributed by atoms with E-state index in [1.165, 1.54) is 38.1 Å². The number of rotatable bonds is 19. The number of nitrogens with two attached hydrogens (primary N) is 3. The van der Waals surface area contributed by atoms with E-state index in [4.69, 9.17) is 27.0 Å². The van der Waals surface area contributed by atoms with Gasteiger partial charge in [-0.3, -0.25) is 38.5 Å². The molecule has 3 aliphatic heterocycles. The highest BCUT2D eigenvalue weighted by Gasteiger charge is 2.61. The third-order valence-electron chi connectivity index (χ3n) is 23.4. The molecule has 6 N–H and O–H groups in total. The van der Waals surface area contributed by atoms with E-state index < -0.39 is 54.6 Å². The fourth-order valence-electron chi connectivity index (χ4n) is 18.0. The summed E-state index contributed by atoms with van der Waals surface area (Å²) in [6, 6.07) is 11.3. The van der Waals surface area contributed by atoms with Crippen LogP contribution in [-0.2, 0) is 23.6 Å². The Kier molecular flexibility index (Phi) is 20.5. The Bertz CT molecular complexity index is 3690. The van der Waals surface area contributed by atoms with Gasteiger partial charge in [0.2, 0.25) is 0 Å². The highest BCUT2D eigenvalue weighted by atomic mass is 19.4. The molecule has 0 radical (unpaired) electrons. The fourth-order valence-corrected chi connectivity index (χ4v) is 18.0. The van der Waals surface area contributed by atoms with Crippen molar-refractivity contribution >= 4 is 17.5 Å². The van der Waals surface area contributed by atoms with Crippen molar-refractivity contribution in [3.05, 3.63) is 83.2 Å². The lowest BCUT2D eigenvalue weighted by molar-refractivity contribution is -0.137. The van der Waals surface area contributed by atoms with E-state index in [0.29, 0.717) is 132 Å². The molecule has 0 amide bonds. The zero-order chi connectivity index (χ0) is 72.0. The lowest BCUT2D eigenvalue weighted by Gasteiger charge is -2.38. The molecule has 10 aliphatic rings. The molecule has 31 heteroatoms. The minimum Gasteiger partial charge on any atom is -0.431 e. The molecule has 9 heterocycles. The molecule has 556 valence electrons. The summed E-state index contributed by atoms with van der Waals surface area (Å²) in [4.78, 5) is 22.8. The molecule has 0 bridgehead atoms. The number of ether oxygens (including phenoxy) is 2. The Labute approximate surface area is 584 Å². The Morgan fingerprint density at radius 2 is 0.892 bits per heavy atom. The summed E-state index contributed by atoms with van der Waals surface area (Å²) in [5.41, 5.74) is 21.2. The lowest BCUT2D eigenvalue weighted by atomic mass is 10.0. The highest BCUT2D eigenvalue weighted by Crippen LogP contribution is 2.66. The number of fused-ring (bicyclic) bond motifs is 3. The Hall–Kier alpha value is -6.80. The third-order valence-corrected chi connectivity index (χ3v) is 23.4. The SMILES string of the molecule is CC(C)n1nc(-c2cnc(N)c(C(F)(F)F)c2)cc1C1[C@H]2CC(N3CCN(CC(F)F)CC3)C[C@@H]12.CC(C)n1nc(-c2cnc(N)c(C(F)(F)F)c2)cc1C1[C@H]2CC(N3CCN(CC(F)F)CC3)C[C@@H]12.Nc1ncc(-c2cc(C3[C@H]4CC(N5CCOCC5)C[C@@H]34)nn2CC2CC2)cc1OC(F)F. The van der Waals surface area contributed by atoms with Crippen LogP contribution < -0.4 is 21.9 Å². The maximum atomic E-state index is 13.3. The number of hydrogen-bond donors (Lipinski definition) is 3. The fraction of sp³-hybridized carbons (Fsp3) is 0.662. The molecule has 16 rings (SSSR count). The van der Waals surface area contributed by atoms with Crippen LogP contribution in [-0.4, -0.2) is 198 Å². The summed E-state index contributed by atoms with van der Waals surface area (Å²) in [6.07, 6.45) is -0.294. The lowest BCUT2D eigenvalue weighted by Crippen LogP contribution is -2.51. The van der Waals surface area contributed by atoms with Gasteiger partial charge in [0.05, 0.1) is 60.2 Å². The summed E-state index contributed by atoms with van der Waals surface area (Å²) in [5, 5.41) is 14.3. The molecular formula is C71H91F12N17O2. The normalized spacial score (nSPS) is 28.4. The van der Waals surface area contributed by atoms with Crippen molar-refractivity contribution in [1.29, 1.82) is 0 Å². The van der Waals surface area contributed by atoms with Crippen LogP contribution in [0.3, 0.4) is 0 Å². The topological polar surface area (TPSA) is 205 Å². The Balaban J connectivity index is 0.000000130. The van der Waals surface area contributed by atoms with Crippen molar-refractivity contribution in [3.8, 4) is 39.5 Å². The molecule has 7 aliphatic carbocycles. The van der Waals surface area contributed by atoms with Gasteiger partial charge in [0.25, 0.3) is 12.9 Å². The number of nitrogens with zero attached hydrogens (tertiary/aromatic N) is 14. The van der Waals surface area contributed by atoms with E-state index in [9.17, 15) is 52.7 Å². The molecule has 10 fully saturated rings. The van der Waals surface area contributed by atoms with Crippen molar-refractivity contribution in [3.63, 3.8) is 0 Å². The van der Waals surface area contributed by atoms with Gasteiger partial charge in [-0.15, -0.1) is 0 Å². The number of pyridine rings is 3. The predicted molar refractivity (Wildman–Crippen MR) is 358 cm³/mol. The Morgan fingerprint density at radius 3 is 1.28 bits per heavy atom. The van der Waals surface area contributed by atoms with Gasteiger partial charge >= 0.3 is 19.0 Å². The van der Waals surface area contributed by atoms with E-state index in [1.54, 1.807) is 12.3 Å². The second-order valence-electron chi connectivity index (χ2n) is 30.4. The summed E-state index contributed by atoms with van der Waals surface area (Å²) in [5.74, 6) is 4.13. The first kappa shape index (κ1) is 72.2. The Morgan fingerprint density at radius 1 is 0.490 bits per heavy atom. The average molecular weight is 1440 g/mol. The van der Waals surface area contributed by atoms with E-state index >= 15 is 0 Å². The van der Waals surface area contributed by atoms with Gasteiger partial charge in [0.15, 0.2) is 11.6 Å². The van der Waals surface area contributed by atoms with Crippen LogP contribution in [0.1, 0.15) is 137 Å². The van der Waals surface area contributed by atoms with Crippen molar-refractivity contribution in [2.75, 3.05) is 109 Å². The van der Waals surface area contributed by atoms with E-state index in [0.717, 1.165) is 120 Å². The predicted octanol–water partition coefficient (Wildman–Crippen LogP) is 12.4. The number of anilines is 3. The summed E-state index contributed by atoms with van der Waals surface area (Å²) >= 11 is 0. The molecule has 3 saturated heterocycles. The van der Waals surface area contributed by atoms with Gasteiger partial charge in [0, 0.05) is 167 Å². The van der Waals surface area contributed by atoms with Gasteiger partial charge in [-0.2, -0.15) is 50.4 Å². The second kappa shape index (κ2) is 28.9. The molecule has 0 spiro atoms. The van der Waals surface area contributed by atoms with E-state index in [-0.39, 0.29) is 36.7 Å². The number of aromatic nitrogens is 9. The summed E-state index contributed by atoms with van der Waals surface area (Å²) < 4.78 is 172. The number of morpholine rings is 1. The molecule has 102 heavy (non-hydrogen) atoms. The highest BCUT2D eigenvalue weighted by molar-refractivity contribution is 5.66. The summed E-state index contributed by atoms with van der Waals surface area (Å²) in [7, 11) is 0. The standard InChI is InChI=1S/2C24H31F5N6.C23H29F2N5O2/c2*1-13(2)35-20(10-19(32-35)14-7-18(24(27,28)29)23(30)31-11-14)22-16-8-15(9-17(16)22)34-5-3-33(4-6-34)12-21(25)26;24-23(25)32-20-7-14(11-27-22(20)26)19-10-18(28-30(19)12-13-1-2-13)21-16-8-15(9-17(16)21)29-3-5-31-6-4-29/h2*7,10-11,13,15-17,21-22H,3-6,8-9,12H2,1-2H3,(H2,30,31);7,10-11,13,15-17,21,23H,1-6,8-9,12H2,(H2,26,27)/t2*15?,16-,17+,22?;15?,16-,17+,21?. The molecular weight excluding hydrogens is 1350 g/mol. The van der Waals surface area contributed by atoms with Crippen molar-refractivity contribution < 1.29 is 62.2 Å². The van der Waals surface area contributed by atoms with Gasteiger partial charge in [-0.05, 0) is 157 Å². The molecule has 0 aromatic carbocycles. The van der Waals surface area contributed by atoms with Crippen LogP contribution in [0.25, 0.3) is 33.8 Å². The number of piperazine rings is 2. The first-order valence-electron chi connectivity index (χ1n) is 36.1. The molecule has 6 unspecified atom stereocenters. The van der Waals surface area contributed by atoms with E-state index in [2.05, 4.69) is 50.7 Å². The zero-order valence-electron chi connectivity index (χ0n) is 57.7. The zero-order valence-corrected chi connectivity index (χ0v) is 57.7. The molecule has 12 atom stereocenters. The van der Waals surface area contributed by atoms with Gasteiger partial charge in [0.1, 0.15) is 11.6 Å². The van der Waals surface area contributed by atoms with Crippen LogP contribution in [0.15, 0.2) is 55.0 Å². The first-order valence-corrected chi connectivity index (χ1v) is 36.1. The average Bonchev–Trinajstić information content (AvgIpc) is 1.57. The first-order chi connectivity index (χ1) is 48.6. The van der Waals surface area contributed by atoms with Crippen molar-refractivity contribution in [2.45, 2.75) is 165 Å². The van der Waals surface area contributed by atoms with Crippen molar-refractivity contribution in [2.24, 2.45) is 41.4 Å².